The summed E-state index contributed by atoms with van der Waals surface area (Å²) in [7, 11) is 0. The van der Waals surface area contributed by atoms with E-state index in [4.69, 9.17) is 27.6 Å². The highest BCUT2D eigenvalue weighted by Gasteiger charge is 2.57. The van der Waals surface area contributed by atoms with Gasteiger partial charge in [0.25, 0.3) is 5.91 Å². The number of carbonyl (C=O) groups is 2. The number of rotatable bonds is 7. The molecule has 1 unspecified atom stereocenters. The molecule has 0 saturated heterocycles. The topological polar surface area (TPSA) is 92.4 Å². The number of carbonyl (C=O) groups excluding carboxylic acids is 1. The highest BCUT2D eigenvalue weighted by atomic mass is 35.5. The zero-order valence-corrected chi connectivity index (χ0v) is 18.2. The summed E-state index contributed by atoms with van der Waals surface area (Å²) in [6, 6.07) is 13.2. The number of nitrogens with zero attached hydrogens (tertiary/aromatic N) is 1. The quantitative estimate of drug-likeness (QED) is 0.493. The Bertz CT molecular complexity index is 1120. The average Bonchev–Trinajstić information content (AvgIpc) is 3.16. The maximum absolute atomic E-state index is 12.6. The lowest BCUT2D eigenvalue weighted by Gasteiger charge is -2.21. The van der Waals surface area contributed by atoms with Crippen molar-refractivity contribution in [3.8, 4) is 11.1 Å². The van der Waals surface area contributed by atoms with Crippen molar-refractivity contribution in [2.24, 2.45) is 5.92 Å². The van der Waals surface area contributed by atoms with Gasteiger partial charge in [0.2, 0.25) is 5.76 Å². The first-order valence-corrected chi connectivity index (χ1v) is 10.5. The summed E-state index contributed by atoms with van der Waals surface area (Å²) in [5.41, 5.74) is 2.11. The maximum atomic E-state index is 12.6. The molecule has 1 fully saturated rings. The minimum absolute atomic E-state index is 0.00921. The van der Waals surface area contributed by atoms with Gasteiger partial charge in [-0.05, 0) is 42.2 Å². The van der Waals surface area contributed by atoms with Gasteiger partial charge in [0.15, 0.2) is 6.39 Å². The predicted octanol–water partition coefficient (Wildman–Crippen LogP) is 5.42. The highest BCUT2D eigenvalue weighted by Crippen LogP contribution is 2.55. The van der Waals surface area contributed by atoms with Gasteiger partial charge in [-0.15, -0.1) is 0 Å². The smallest absolute Gasteiger partial charge is 0.306 e. The molecule has 160 valence electrons. The van der Waals surface area contributed by atoms with E-state index in [-0.39, 0.29) is 11.7 Å². The fourth-order valence-corrected chi connectivity index (χ4v) is 4.42. The molecule has 6 nitrogen and oxygen atoms in total. The van der Waals surface area contributed by atoms with Gasteiger partial charge in [-0.25, -0.2) is 4.98 Å². The van der Waals surface area contributed by atoms with Gasteiger partial charge < -0.3 is 14.8 Å². The third-order valence-electron chi connectivity index (χ3n) is 5.74. The van der Waals surface area contributed by atoms with Crippen LogP contribution in [0.4, 0.5) is 0 Å². The van der Waals surface area contributed by atoms with Crippen molar-refractivity contribution < 1.29 is 19.1 Å². The number of nitrogens with one attached hydrogen (secondary N) is 1. The number of carboxylic acid groups (broad SMARTS) is 1. The van der Waals surface area contributed by atoms with Crippen LogP contribution in [0.1, 0.15) is 41.8 Å². The van der Waals surface area contributed by atoms with Crippen LogP contribution in [0.2, 0.25) is 10.0 Å². The summed E-state index contributed by atoms with van der Waals surface area (Å²) < 4.78 is 5.09. The molecule has 1 aromatic heterocycles. The van der Waals surface area contributed by atoms with E-state index in [1.165, 1.54) is 12.6 Å². The Kier molecular flexibility index (Phi) is 5.77. The number of benzene rings is 2. The van der Waals surface area contributed by atoms with Crippen molar-refractivity contribution in [1.29, 1.82) is 0 Å². The van der Waals surface area contributed by atoms with Crippen LogP contribution in [0.25, 0.3) is 11.1 Å². The first-order valence-electron chi connectivity index (χ1n) is 9.78. The van der Waals surface area contributed by atoms with E-state index in [0.717, 1.165) is 16.7 Å². The van der Waals surface area contributed by atoms with E-state index in [1.54, 1.807) is 19.1 Å². The Balaban J connectivity index is 1.58. The van der Waals surface area contributed by atoms with Crippen LogP contribution in [-0.2, 0) is 4.79 Å². The number of oxazole rings is 1. The first kappa shape index (κ1) is 21.4. The molecule has 2 N–H and O–H groups in total. The Morgan fingerprint density at radius 2 is 2.00 bits per heavy atom. The van der Waals surface area contributed by atoms with E-state index in [2.05, 4.69) is 10.3 Å². The SMILES string of the molecule is C[C@@H](CC1(NC(=O)c2cnco2)C[C@H]1c1ccc(-c2cc(Cl)ccc2Cl)cc1)C(=O)O. The maximum Gasteiger partial charge on any atom is 0.306 e. The predicted molar refractivity (Wildman–Crippen MR) is 117 cm³/mol. The molecule has 0 aliphatic heterocycles. The molecule has 1 aliphatic carbocycles. The molecule has 1 aliphatic rings. The van der Waals surface area contributed by atoms with Gasteiger partial charge in [0.05, 0.1) is 12.1 Å². The van der Waals surface area contributed by atoms with Gasteiger partial charge in [0.1, 0.15) is 0 Å². The molecular formula is C23H20Cl2N2O4. The largest absolute Gasteiger partial charge is 0.481 e. The van der Waals surface area contributed by atoms with Gasteiger partial charge in [-0.3, -0.25) is 9.59 Å². The molecule has 0 bridgehead atoms. The van der Waals surface area contributed by atoms with Crippen molar-refractivity contribution in [3.05, 3.63) is 76.4 Å². The fraction of sp³-hybridized carbons (Fsp3) is 0.261. The number of aliphatic carboxylic acids is 1. The molecule has 1 heterocycles. The second kappa shape index (κ2) is 8.36. The first-order chi connectivity index (χ1) is 14.8. The third kappa shape index (κ3) is 4.45. The van der Waals surface area contributed by atoms with Crippen LogP contribution in [0.5, 0.6) is 0 Å². The number of halogens is 2. The minimum atomic E-state index is -0.898. The number of amides is 1. The van der Waals surface area contributed by atoms with Crippen LogP contribution in [0.3, 0.4) is 0 Å². The summed E-state index contributed by atoms with van der Waals surface area (Å²) in [5.74, 6) is -1.82. The fourth-order valence-electron chi connectivity index (χ4n) is 4.02. The molecule has 0 spiro atoms. The summed E-state index contributed by atoms with van der Waals surface area (Å²) in [6.07, 6.45) is 3.48. The summed E-state index contributed by atoms with van der Waals surface area (Å²) in [5, 5.41) is 13.6. The zero-order valence-electron chi connectivity index (χ0n) is 16.6. The Morgan fingerprint density at radius 1 is 1.26 bits per heavy atom. The number of hydrogen-bond acceptors (Lipinski definition) is 4. The molecule has 1 saturated carbocycles. The van der Waals surface area contributed by atoms with E-state index in [9.17, 15) is 14.7 Å². The third-order valence-corrected chi connectivity index (χ3v) is 6.30. The van der Waals surface area contributed by atoms with Crippen LogP contribution < -0.4 is 5.32 Å². The van der Waals surface area contributed by atoms with Crippen molar-refractivity contribution in [3.63, 3.8) is 0 Å². The normalized spacial score (nSPS) is 20.8. The lowest BCUT2D eigenvalue weighted by atomic mass is 9.94. The van der Waals surface area contributed by atoms with E-state index in [0.29, 0.717) is 22.9 Å². The summed E-state index contributed by atoms with van der Waals surface area (Å²) in [4.78, 5) is 27.8. The molecule has 2 aromatic carbocycles. The summed E-state index contributed by atoms with van der Waals surface area (Å²) >= 11 is 12.4. The molecule has 31 heavy (non-hydrogen) atoms. The van der Waals surface area contributed by atoms with Gasteiger partial charge in [0, 0.05) is 27.1 Å². The molecule has 1 amide bonds. The second-order valence-corrected chi connectivity index (χ2v) is 8.77. The summed E-state index contributed by atoms with van der Waals surface area (Å²) in [6.45, 7) is 1.64. The van der Waals surface area contributed by atoms with Crippen molar-refractivity contribution in [2.45, 2.75) is 31.2 Å². The van der Waals surface area contributed by atoms with Crippen molar-refractivity contribution >= 4 is 35.1 Å². The zero-order chi connectivity index (χ0) is 22.2. The standard InChI is InChI=1S/C23H20Cl2N2O4/c1-13(22(29)30)9-23(27-21(28)20-11-26-12-31-20)10-18(23)15-4-2-14(3-5-15)17-8-16(24)6-7-19(17)25/h2-8,11-13,18H,9-10H2,1H3,(H,27,28)(H,29,30)/t13-,18-,23?/m0/s1. The molecule has 3 aromatic rings. The monoisotopic (exact) mass is 458 g/mol. The Morgan fingerprint density at radius 3 is 2.65 bits per heavy atom. The minimum Gasteiger partial charge on any atom is -0.481 e. The van der Waals surface area contributed by atoms with E-state index in [1.807, 2.05) is 30.3 Å². The molecule has 0 radical (unpaired) electrons. The van der Waals surface area contributed by atoms with Crippen LogP contribution in [0.15, 0.2) is 59.5 Å². The van der Waals surface area contributed by atoms with Crippen molar-refractivity contribution in [1.82, 2.24) is 10.3 Å². The Hall–Kier alpha value is -2.83. The lowest BCUT2D eigenvalue weighted by molar-refractivity contribution is -0.141. The van der Waals surface area contributed by atoms with Gasteiger partial charge in [-0.1, -0.05) is 54.4 Å². The number of carboxylic acids is 1. The molecular weight excluding hydrogens is 439 g/mol. The number of aromatic nitrogens is 1. The lowest BCUT2D eigenvalue weighted by Crippen LogP contribution is -2.40. The van der Waals surface area contributed by atoms with Gasteiger partial charge >= 0.3 is 5.97 Å². The number of hydrogen-bond donors (Lipinski definition) is 2. The van der Waals surface area contributed by atoms with E-state index < -0.39 is 23.3 Å². The van der Waals surface area contributed by atoms with E-state index >= 15 is 0 Å². The molecule has 4 rings (SSSR count). The average molecular weight is 459 g/mol. The Labute approximate surface area is 189 Å². The molecule has 3 atom stereocenters. The van der Waals surface area contributed by atoms with Crippen LogP contribution in [0, 0.1) is 5.92 Å². The highest BCUT2D eigenvalue weighted by molar-refractivity contribution is 6.35. The van der Waals surface area contributed by atoms with Crippen LogP contribution >= 0.6 is 23.2 Å². The van der Waals surface area contributed by atoms with Gasteiger partial charge in [-0.2, -0.15) is 0 Å². The van der Waals surface area contributed by atoms with Crippen molar-refractivity contribution in [2.75, 3.05) is 0 Å². The van der Waals surface area contributed by atoms with Crippen LogP contribution in [-0.4, -0.2) is 27.5 Å². The molecule has 8 heteroatoms. The second-order valence-electron chi connectivity index (χ2n) is 7.92.